The summed E-state index contributed by atoms with van der Waals surface area (Å²) >= 11 is 3.63. The Morgan fingerprint density at radius 2 is 1.12 bits per heavy atom. The summed E-state index contributed by atoms with van der Waals surface area (Å²) in [5.41, 5.74) is 0.837. The highest BCUT2D eigenvalue weighted by Gasteiger charge is 2.28. The van der Waals surface area contributed by atoms with Gasteiger partial charge >= 0.3 is 0 Å². The molecule has 5 nitrogen and oxygen atoms in total. The molecule has 0 aromatic heterocycles. The molecule has 0 amide bonds. The van der Waals surface area contributed by atoms with Gasteiger partial charge in [-0.2, -0.15) is 0 Å². The van der Waals surface area contributed by atoms with Crippen LogP contribution in [0.25, 0.3) is 0 Å². The Balaban J connectivity index is 2.38. The lowest BCUT2D eigenvalue weighted by atomic mass is 9.85. The Labute approximate surface area is 166 Å². The van der Waals surface area contributed by atoms with Crippen LogP contribution in [0.5, 0.6) is 23.0 Å². The largest absolute Gasteiger partial charge is 0.507 e. The minimum atomic E-state index is -0.625. The Bertz CT molecular complexity index is 739. The van der Waals surface area contributed by atoms with E-state index in [2.05, 4.69) is 0 Å². The van der Waals surface area contributed by atoms with Gasteiger partial charge in [0, 0.05) is 23.0 Å². The molecule has 0 aliphatic carbocycles. The molecule has 0 fully saturated rings. The molecule has 0 aliphatic rings. The van der Waals surface area contributed by atoms with Gasteiger partial charge in [0.05, 0.1) is 7.14 Å². The lowest BCUT2D eigenvalue weighted by molar-refractivity contribution is -0.121. The van der Waals surface area contributed by atoms with Gasteiger partial charge in [0.25, 0.3) is 0 Å². The highest BCUT2D eigenvalue weighted by molar-refractivity contribution is 14.1. The maximum atomic E-state index is 12.8. The Hall–Kier alpha value is -1.23. The number of benzene rings is 2. The molecule has 0 saturated heterocycles. The quantitative estimate of drug-likeness (QED) is 0.426. The Morgan fingerprint density at radius 3 is 1.46 bits per heavy atom. The first-order valence-corrected chi connectivity index (χ1v) is 9.26. The van der Waals surface area contributed by atoms with Crippen molar-refractivity contribution in [3.8, 4) is 23.0 Å². The topological polar surface area (TPSA) is 98.0 Å². The fourth-order valence-corrected chi connectivity index (χ4v) is 3.50. The fourth-order valence-electron chi connectivity index (χ4n) is 2.52. The van der Waals surface area contributed by atoms with Crippen molar-refractivity contribution in [1.82, 2.24) is 0 Å². The molecule has 4 N–H and O–H groups in total. The molecule has 2 atom stereocenters. The zero-order chi connectivity index (χ0) is 18.2. The van der Waals surface area contributed by atoms with Gasteiger partial charge in [-0.3, -0.25) is 4.79 Å². The number of phenolic OH excluding ortho intramolecular Hbond substituents is 4. The second kappa shape index (κ2) is 7.34. The summed E-state index contributed by atoms with van der Waals surface area (Å²) < 4.78 is 0.582. The van der Waals surface area contributed by atoms with Crippen LogP contribution in [0.15, 0.2) is 24.3 Å². The lowest BCUT2D eigenvalue weighted by Gasteiger charge is -2.20. The van der Waals surface area contributed by atoms with Crippen LogP contribution in [0.1, 0.15) is 36.8 Å². The predicted octanol–water partition coefficient (Wildman–Crippen LogP) is 4.19. The van der Waals surface area contributed by atoms with Gasteiger partial charge in [0.1, 0.15) is 28.8 Å². The standard InChI is InChI=1S/C17H16I2O5/c1-7(9-3-5-11(20)13(18)16(9)23)15(22)8(2)10-4-6-12(21)14(19)17(10)24/h3-8,20-21,23-24H,1-2H3. The SMILES string of the molecule is CC(C(=O)C(C)c1ccc(O)c(I)c1O)c1ccc(O)c(I)c1O. The Kier molecular flexibility index (Phi) is 5.84. The van der Waals surface area contributed by atoms with E-state index < -0.39 is 11.8 Å². The van der Waals surface area contributed by atoms with Crippen LogP contribution in [0.2, 0.25) is 0 Å². The van der Waals surface area contributed by atoms with Gasteiger partial charge in [-0.05, 0) is 57.3 Å². The van der Waals surface area contributed by atoms with Crippen LogP contribution < -0.4 is 0 Å². The van der Waals surface area contributed by atoms with E-state index in [4.69, 9.17) is 0 Å². The minimum absolute atomic E-state index is 0.0460. The molecule has 0 radical (unpaired) electrons. The molecule has 2 aromatic rings. The van der Waals surface area contributed by atoms with Crippen molar-refractivity contribution in [2.24, 2.45) is 0 Å². The molecule has 2 rings (SSSR count). The molecule has 0 aliphatic heterocycles. The molecule has 7 heteroatoms. The van der Waals surface area contributed by atoms with Gasteiger partial charge in [0.2, 0.25) is 0 Å². The third kappa shape index (κ3) is 3.41. The molecule has 24 heavy (non-hydrogen) atoms. The number of ketones is 1. The number of aromatic hydroxyl groups is 4. The average Bonchev–Trinajstić information content (AvgIpc) is 2.56. The first-order valence-electron chi connectivity index (χ1n) is 7.11. The van der Waals surface area contributed by atoms with Crippen LogP contribution in [-0.4, -0.2) is 26.2 Å². The van der Waals surface area contributed by atoms with Gasteiger partial charge < -0.3 is 20.4 Å². The zero-order valence-corrected chi connectivity index (χ0v) is 17.2. The van der Waals surface area contributed by atoms with E-state index in [1.165, 1.54) is 24.3 Å². The summed E-state index contributed by atoms with van der Waals surface area (Å²) in [6, 6.07) is 5.91. The summed E-state index contributed by atoms with van der Waals surface area (Å²) in [6.45, 7) is 3.34. The van der Waals surface area contributed by atoms with Crippen molar-refractivity contribution in [2.45, 2.75) is 25.7 Å². The summed E-state index contributed by atoms with van der Waals surface area (Å²) in [5.74, 6) is -1.77. The molecule has 128 valence electrons. The van der Waals surface area contributed by atoms with E-state index in [1.54, 1.807) is 13.8 Å². The van der Waals surface area contributed by atoms with Gasteiger partial charge in [-0.15, -0.1) is 0 Å². The van der Waals surface area contributed by atoms with E-state index in [-0.39, 0.29) is 28.8 Å². The third-order valence-corrected chi connectivity index (χ3v) is 6.17. The van der Waals surface area contributed by atoms with Crippen molar-refractivity contribution >= 4 is 51.0 Å². The number of phenols is 4. The van der Waals surface area contributed by atoms with Crippen LogP contribution in [0.4, 0.5) is 0 Å². The second-order valence-corrected chi connectivity index (χ2v) is 7.68. The van der Waals surface area contributed by atoms with E-state index in [0.717, 1.165) is 0 Å². The molecular weight excluding hydrogens is 538 g/mol. The number of hydrogen-bond acceptors (Lipinski definition) is 5. The summed E-state index contributed by atoms with van der Waals surface area (Å²) in [7, 11) is 0. The van der Waals surface area contributed by atoms with Crippen molar-refractivity contribution in [3.63, 3.8) is 0 Å². The molecule has 0 bridgehead atoms. The first-order chi connectivity index (χ1) is 11.2. The van der Waals surface area contributed by atoms with Crippen LogP contribution in [-0.2, 0) is 4.79 Å². The number of carbonyl (C=O) groups excluding carboxylic acids is 1. The molecule has 0 spiro atoms. The number of hydrogen-bond donors (Lipinski definition) is 4. The van der Waals surface area contributed by atoms with Crippen LogP contribution in [0, 0.1) is 7.14 Å². The number of rotatable bonds is 4. The maximum Gasteiger partial charge on any atom is 0.147 e. The lowest BCUT2D eigenvalue weighted by Crippen LogP contribution is -2.17. The van der Waals surface area contributed by atoms with E-state index in [1.807, 2.05) is 45.2 Å². The molecule has 0 heterocycles. The van der Waals surface area contributed by atoms with Crippen molar-refractivity contribution in [2.75, 3.05) is 0 Å². The maximum absolute atomic E-state index is 12.8. The summed E-state index contributed by atoms with van der Waals surface area (Å²) in [4.78, 5) is 12.8. The molecule has 2 unspecified atom stereocenters. The van der Waals surface area contributed by atoms with Crippen LogP contribution >= 0.6 is 45.2 Å². The minimum Gasteiger partial charge on any atom is -0.507 e. The first kappa shape index (κ1) is 19.1. The van der Waals surface area contributed by atoms with E-state index in [0.29, 0.717) is 18.3 Å². The predicted molar refractivity (Wildman–Crippen MR) is 107 cm³/mol. The van der Waals surface area contributed by atoms with E-state index >= 15 is 0 Å². The average molecular weight is 554 g/mol. The van der Waals surface area contributed by atoms with Gasteiger partial charge in [-0.25, -0.2) is 0 Å². The number of carbonyl (C=O) groups is 1. The highest BCUT2D eigenvalue weighted by Crippen LogP contribution is 2.40. The van der Waals surface area contributed by atoms with E-state index in [9.17, 15) is 25.2 Å². The summed E-state index contributed by atoms with van der Waals surface area (Å²) in [5, 5.41) is 39.6. The highest BCUT2D eigenvalue weighted by atomic mass is 127. The monoisotopic (exact) mass is 554 g/mol. The van der Waals surface area contributed by atoms with Crippen molar-refractivity contribution in [3.05, 3.63) is 42.5 Å². The normalized spacial score (nSPS) is 13.5. The molecular formula is C17H16I2O5. The Morgan fingerprint density at radius 1 is 0.792 bits per heavy atom. The summed E-state index contributed by atoms with van der Waals surface area (Å²) in [6.07, 6.45) is 0. The smallest absolute Gasteiger partial charge is 0.147 e. The second-order valence-electron chi connectivity index (χ2n) is 5.52. The number of Topliss-reactive ketones (excluding diaryl/α,β-unsaturated/α-hetero) is 1. The zero-order valence-electron chi connectivity index (χ0n) is 12.9. The van der Waals surface area contributed by atoms with Crippen LogP contribution in [0.3, 0.4) is 0 Å². The molecule has 0 saturated carbocycles. The number of halogens is 2. The third-order valence-electron chi connectivity index (χ3n) is 4.04. The van der Waals surface area contributed by atoms with Gasteiger partial charge in [0.15, 0.2) is 0 Å². The molecule has 2 aromatic carbocycles. The van der Waals surface area contributed by atoms with Gasteiger partial charge in [-0.1, -0.05) is 26.0 Å². The van der Waals surface area contributed by atoms with Crippen molar-refractivity contribution in [1.29, 1.82) is 0 Å². The van der Waals surface area contributed by atoms with Crippen molar-refractivity contribution < 1.29 is 25.2 Å². The fraction of sp³-hybridized carbons (Fsp3) is 0.235.